The van der Waals surface area contributed by atoms with Crippen LogP contribution < -0.4 is 5.32 Å². The average molecular weight is 263 g/mol. The standard InChI is InChI=1S/C14H15ClN2O/c1-18-10-12-5-2-4-11(8-12)9-16-14-7-3-6-13(15)17-14/h2-8H,9-10H2,1H3,(H,16,17). The van der Waals surface area contributed by atoms with E-state index in [1.807, 2.05) is 24.3 Å². The van der Waals surface area contributed by atoms with E-state index in [0.29, 0.717) is 18.3 Å². The van der Waals surface area contributed by atoms with Gasteiger partial charge >= 0.3 is 0 Å². The van der Waals surface area contributed by atoms with Crippen LogP contribution in [0.15, 0.2) is 42.5 Å². The zero-order valence-corrected chi connectivity index (χ0v) is 10.9. The lowest BCUT2D eigenvalue weighted by molar-refractivity contribution is 0.185. The highest BCUT2D eigenvalue weighted by molar-refractivity contribution is 6.29. The zero-order chi connectivity index (χ0) is 12.8. The number of halogens is 1. The second kappa shape index (κ2) is 6.38. The SMILES string of the molecule is COCc1cccc(CNc2cccc(Cl)n2)c1. The molecular formula is C14H15ClN2O. The molecule has 2 aromatic rings. The van der Waals surface area contributed by atoms with Crippen LogP contribution in [0.2, 0.25) is 5.15 Å². The Morgan fingerprint density at radius 3 is 2.72 bits per heavy atom. The van der Waals surface area contributed by atoms with E-state index in [4.69, 9.17) is 16.3 Å². The van der Waals surface area contributed by atoms with Crippen LogP contribution in [0.1, 0.15) is 11.1 Å². The number of methoxy groups -OCH3 is 1. The molecule has 0 aliphatic heterocycles. The summed E-state index contributed by atoms with van der Waals surface area (Å²) in [6, 6.07) is 13.8. The van der Waals surface area contributed by atoms with Gasteiger partial charge in [-0.25, -0.2) is 4.98 Å². The van der Waals surface area contributed by atoms with Crippen LogP contribution in [0.4, 0.5) is 5.82 Å². The van der Waals surface area contributed by atoms with Crippen LogP contribution in [0.25, 0.3) is 0 Å². The highest BCUT2D eigenvalue weighted by Gasteiger charge is 1.98. The van der Waals surface area contributed by atoms with Gasteiger partial charge in [0.25, 0.3) is 0 Å². The normalized spacial score (nSPS) is 10.3. The molecule has 3 nitrogen and oxygen atoms in total. The van der Waals surface area contributed by atoms with Gasteiger partial charge < -0.3 is 10.1 Å². The molecule has 94 valence electrons. The molecule has 0 saturated carbocycles. The van der Waals surface area contributed by atoms with Crippen molar-refractivity contribution in [2.75, 3.05) is 12.4 Å². The molecule has 18 heavy (non-hydrogen) atoms. The molecule has 0 unspecified atom stereocenters. The Kier molecular flexibility index (Phi) is 4.56. The minimum Gasteiger partial charge on any atom is -0.380 e. The lowest BCUT2D eigenvalue weighted by atomic mass is 10.1. The van der Waals surface area contributed by atoms with Crippen LogP contribution in [-0.2, 0) is 17.9 Å². The number of pyridine rings is 1. The molecule has 0 amide bonds. The molecule has 0 fully saturated rings. The maximum Gasteiger partial charge on any atom is 0.131 e. The van der Waals surface area contributed by atoms with Crippen LogP contribution in [0, 0.1) is 0 Å². The Bertz CT molecular complexity index is 517. The molecule has 0 spiro atoms. The van der Waals surface area contributed by atoms with E-state index in [0.717, 1.165) is 11.4 Å². The molecule has 0 bridgehead atoms. The molecule has 1 N–H and O–H groups in total. The predicted octanol–water partition coefficient (Wildman–Crippen LogP) is 3.49. The quantitative estimate of drug-likeness (QED) is 0.838. The number of ether oxygens (including phenoxy) is 1. The first-order valence-corrected chi connectivity index (χ1v) is 6.09. The molecule has 0 aliphatic carbocycles. The molecule has 1 aromatic carbocycles. The van der Waals surface area contributed by atoms with Crippen molar-refractivity contribution in [3.05, 3.63) is 58.7 Å². The Balaban J connectivity index is 1.99. The van der Waals surface area contributed by atoms with Crippen molar-refractivity contribution in [1.29, 1.82) is 0 Å². The van der Waals surface area contributed by atoms with Crippen molar-refractivity contribution in [2.24, 2.45) is 0 Å². The van der Waals surface area contributed by atoms with Crippen molar-refractivity contribution in [2.45, 2.75) is 13.2 Å². The largest absolute Gasteiger partial charge is 0.380 e. The van der Waals surface area contributed by atoms with E-state index in [2.05, 4.69) is 22.4 Å². The predicted molar refractivity (Wildman–Crippen MR) is 73.7 cm³/mol. The minimum absolute atomic E-state index is 0.494. The third-order valence-corrected chi connectivity index (χ3v) is 2.70. The summed E-state index contributed by atoms with van der Waals surface area (Å²) in [6.45, 7) is 1.34. The van der Waals surface area contributed by atoms with Gasteiger partial charge in [0, 0.05) is 13.7 Å². The van der Waals surface area contributed by atoms with Crippen molar-refractivity contribution >= 4 is 17.4 Å². The molecular weight excluding hydrogens is 248 g/mol. The summed E-state index contributed by atoms with van der Waals surface area (Å²) in [6.07, 6.45) is 0. The van der Waals surface area contributed by atoms with Crippen molar-refractivity contribution in [3.8, 4) is 0 Å². The fourth-order valence-electron chi connectivity index (χ4n) is 1.70. The number of benzene rings is 1. The Labute approximate surface area is 112 Å². The summed E-state index contributed by atoms with van der Waals surface area (Å²) in [5.41, 5.74) is 2.35. The molecule has 0 atom stereocenters. The Morgan fingerprint density at radius 2 is 1.94 bits per heavy atom. The molecule has 1 heterocycles. The first-order valence-electron chi connectivity index (χ1n) is 5.71. The maximum atomic E-state index is 5.83. The van der Waals surface area contributed by atoms with Gasteiger partial charge in [-0.1, -0.05) is 41.9 Å². The van der Waals surface area contributed by atoms with Crippen LogP contribution in [0.5, 0.6) is 0 Å². The van der Waals surface area contributed by atoms with Gasteiger partial charge in [0.15, 0.2) is 0 Å². The van der Waals surface area contributed by atoms with Gasteiger partial charge in [0.05, 0.1) is 6.61 Å². The molecule has 0 radical (unpaired) electrons. The van der Waals surface area contributed by atoms with Crippen LogP contribution >= 0.6 is 11.6 Å². The third kappa shape index (κ3) is 3.72. The number of hydrogen-bond acceptors (Lipinski definition) is 3. The van der Waals surface area contributed by atoms with Crippen molar-refractivity contribution in [3.63, 3.8) is 0 Å². The maximum absolute atomic E-state index is 5.83. The molecule has 4 heteroatoms. The van der Waals surface area contributed by atoms with E-state index in [1.54, 1.807) is 13.2 Å². The van der Waals surface area contributed by atoms with E-state index in [1.165, 1.54) is 5.56 Å². The molecule has 1 aromatic heterocycles. The molecule has 2 rings (SSSR count). The first kappa shape index (κ1) is 12.9. The monoisotopic (exact) mass is 262 g/mol. The van der Waals surface area contributed by atoms with Crippen LogP contribution in [-0.4, -0.2) is 12.1 Å². The lowest BCUT2D eigenvalue weighted by Gasteiger charge is -2.07. The zero-order valence-electron chi connectivity index (χ0n) is 10.2. The number of nitrogens with zero attached hydrogens (tertiary/aromatic N) is 1. The van der Waals surface area contributed by atoms with Crippen molar-refractivity contribution < 1.29 is 4.74 Å². The smallest absolute Gasteiger partial charge is 0.131 e. The topological polar surface area (TPSA) is 34.1 Å². The molecule has 0 saturated heterocycles. The first-order chi connectivity index (χ1) is 8.78. The summed E-state index contributed by atoms with van der Waals surface area (Å²) in [5, 5.41) is 3.73. The summed E-state index contributed by atoms with van der Waals surface area (Å²) in [4.78, 5) is 4.18. The minimum atomic E-state index is 0.494. The fraction of sp³-hybridized carbons (Fsp3) is 0.214. The molecule has 0 aliphatic rings. The van der Waals surface area contributed by atoms with Gasteiger partial charge in [-0.05, 0) is 23.3 Å². The summed E-state index contributed by atoms with van der Waals surface area (Å²) in [7, 11) is 1.70. The fourth-order valence-corrected chi connectivity index (χ4v) is 1.86. The van der Waals surface area contributed by atoms with E-state index >= 15 is 0 Å². The van der Waals surface area contributed by atoms with Gasteiger partial charge in [-0.2, -0.15) is 0 Å². The summed E-state index contributed by atoms with van der Waals surface area (Å²) < 4.78 is 5.11. The number of rotatable bonds is 5. The van der Waals surface area contributed by atoms with Crippen molar-refractivity contribution in [1.82, 2.24) is 4.98 Å². The van der Waals surface area contributed by atoms with E-state index in [-0.39, 0.29) is 0 Å². The number of nitrogens with one attached hydrogen (secondary N) is 1. The van der Waals surface area contributed by atoms with Gasteiger partial charge in [0.1, 0.15) is 11.0 Å². The van der Waals surface area contributed by atoms with Gasteiger partial charge in [-0.3, -0.25) is 0 Å². The number of aromatic nitrogens is 1. The average Bonchev–Trinajstić information content (AvgIpc) is 2.37. The highest BCUT2D eigenvalue weighted by Crippen LogP contribution is 2.12. The lowest BCUT2D eigenvalue weighted by Crippen LogP contribution is -2.01. The van der Waals surface area contributed by atoms with Gasteiger partial charge in [-0.15, -0.1) is 0 Å². The van der Waals surface area contributed by atoms with Crippen LogP contribution in [0.3, 0.4) is 0 Å². The second-order valence-corrected chi connectivity index (χ2v) is 4.34. The number of anilines is 1. The highest BCUT2D eigenvalue weighted by atomic mass is 35.5. The summed E-state index contributed by atoms with van der Waals surface area (Å²) in [5.74, 6) is 0.777. The van der Waals surface area contributed by atoms with Gasteiger partial charge in [0.2, 0.25) is 0 Å². The Hall–Kier alpha value is -1.58. The van der Waals surface area contributed by atoms with E-state index in [9.17, 15) is 0 Å². The Morgan fingerprint density at radius 1 is 1.17 bits per heavy atom. The summed E-state index contributed by atoms with van der Waals surface area (Å²) >= 11 is 5.83. The second-order valence-electron chi connectivity index (χ2n) is 3.95. The number of hydrogen-bond donors (Lipinski definition) is 1. The third-order valence-electron chi connectivity index (χ3n) is 2.49. The van der Waals surface area contributed by atoms with E-state index < -0.39 is 0 Å².